The molecule has 2 N–H and O–H groups in total. The van der Waals surface area contributed by atoms with Gasteiger partial charge in [0.05, 0.1) is 0 Å². The van der Waals surface area contributed by atoms with E-state index in [4.69, 9.17) is 0 Å². The van der Waals surface area contributed by atoms with Crippen LogP contribution in [0.2, 0.25) is 0 Å². The van der Waals surface area contributed by atoms with Crippen LogP contribution in [0.1, 0.15) is 58.5 Å². The highest BCUT2D eigenvalue weighted by Gasteiger charge is 2.13. The van der Waals surface area contributed by atoms with Gasteiger partial charge < -0.3 is 10.6 Å². The van der Waals surface area contributed by atoms with Crippen molar-refractivity contribution in [2.24, 2.45) is 0 Å². The molecule has 0 heterocycles. The normalized spacial score (nSPS) is 10.4. The van der Waals surface area contributed by atoms with Gasteiger partial charge in [0.2, 0.25) is 0 Å². The molecule has 25 heavy (non-hydrogen) atoms. The van der Waals surface area contributed by atoms with Gasteiger partial charge in [-0.15, -0.1) is 0 Å². The van der Waals surface area contributed by atoms with E-state index in [1.165, 1.54) is 0 Å². The maximum Gasteiger partial charge on any atom is 0.255 e. The van der Waals surface area contributed by atoms with Gasteiger partial charge in [-0.1, -0.05) is 44.5 Å². The summed E-state index contributed by atoms with van der Waals surface area (Å²) in [5.74, 6) is -0.347. The van der Waals surface area contributed by atoms with Crippen molar-refractivity contribution in [1.29, 1.82) is 0 Å². The van der Waals surface area contributed by atoms with Crippen LogP contribution in [-0.4, -0.2) is 18.4 Å². The summed E-state index contributed by atoms with van der Waals surface area (Å²) < 4.78 is 0. The fourth-order valence-electron chi connectivity index (χ4n) is 2.67. The minimum absolute atomic E-state index is 0.145. The molecule has 4 nitrogen and oxygen atoms in total. The molecule has 0 spiro atoms. The zero-order valence-electron chi connectivity index (χ0n) is 15.2. The highest BCUT2D eigenvalue weighted by atomic mass is 16.2. The van der Waals surface area contributed by atoms with Crippen LogP contribution >= 0.6 is 0 Å². The van der Waals surface area contributed by atoms with E-state index in [1.54, 1.807) is 24.3 Å². The fraction of sp³-hybridized carbons (Fsp3) is 0.333. The van der Waals surface area contributed by atoms with Crippen LogP contribution in [0.25, 0.3) is 0 Å². The molecule has 4 heteroatoms. The molecule has 0 unspecified atom stereocenters. The molecular formula is C21H26N2O2. The van der Waals surface area contributed by atoms with Crippen LogP contribution in [0.3, 0.4) is 0 Å². The van der Waals surface area contributed by atoms with E-state index >= 15 is 0 Å². The number of rotatable bonds is 7. The van der Waals surface area contributed by atoms with E-state index in [2.05, 4.69) is 24.5 Å². The first kappa shape index (κ1) is 18.7. The van der Waals surface area contributed by atoms with Crippen molar-refractivity contribution in [3.05, 3.63) is 64.7 Å². The van der Waals surface area contributed by atoms with Crippen molar-refractivity contribution in [3.8, 4) is 0 Å². The van der Waals surface area contributed by atoms with Gasteiger partial charge in [-0.2, -0.15) is 0 Å². The first-order chi connectivity index (χ1) is 12.1. The number of anilines is 1. The van der Waals surface area contributed by atoms with Crippen molar-refractivity contribution < 1.29 is 9.59 Å². The van der Waals surface area contributed by atoms with E-state index in [0.717, 1.165) is 36.1 Å². The number of aryl methyl sites for hydroxylation is 2. The topological polar surface area (TPSA) is 58.2 Å². The summed E-state index contributed by atoms with van der Waals surface area (Å²) in [6.07, 6.45) is 2.81. The largest absolute Gasteiger partial charge is 0.352 e. The number of benzene rings is 2. The first-order valence-corrected chi connectivity index (χ1v) is 8.84. The lowest BCUT2D eigenvalue weighted by molar-refractivity contribution is 0.0953. The van der Waals surface area contributed by atoms with Crippen molar-refractivity contribution in [3.63, 3.8) is 0 Å². The van der Waals surface area contributed by atoms with Crippen molar-refractivity contribution in [2.75, 3.05) is 11.9 Å². The number of para-hydroxylation sites is 1. The molecule has 2 amide bonds. The summed E-state index contributed by atoms with van der Waals surface area (Å²) >= 11 is 0. The van der Waals surface area contributed by atoms with Gasteiger partial charge in [0.1, 0.15) is 0 Å². The minimum atomic E-state index is -0.202. The Morgan fingerprint density at radius 3 is 2.32 bits per heavy atom. The Morgan fingerprint density at radius 2 is 1.64 bits per heavy atom. The van der Waals surface area contributed by atoms with E-state index in [0.29, 0.717) is 17.7 Å². The minimum Gasteiger partial charge on any atom is -0.352 e. The highest BCUT2D eigenvalue weighted by molar-refractivity contribution is 6.06. The van der Waals surface area contributed by atoms with Crippen molar-refractivity contribution in [2.45, 2.75) is 40.0 Å². The number of unbranched alkanes of at least 4 members (excludes halogenated alkanes) is 1. The van der Waals surface area contributed by atoms with Gasteiger partial charge >= 0.3 is 0 Å². The smallest absolute Gasteiger partial charge is 0.255 e. The second-order valence-electron chi connectivity index (χ2n) is 6.11. The summed E-state index contributed by atoms with van der Waals surface area (Å²) in [6, 6.07) is 12.8. The Bertz CT molecular complexity index is 753. The average molecular weight is 338 g/mol. The molecule has 0 aromatic heterocycles. The summed E-state index contributed by atoms with van der Waals surface area (Å²) in [6.45, 7) is 6.76. The summed E-state index contributed by atoms with van der Waals surface area (Å²) in [5, 5.41) is 5.87. The SMILES string of the molecule is CCCCNC(=O)c1cccc(C(=O)Nc2c(C)cccc2CC)c1. The third-order valence-corrected chi connectivity index (χ3v) is 4.18. The predicted molar refractivity (Wildman–Crippen MR) is 102 cm³/mol. The van der Waals surface area contributed by atoms with Crippen LogP contribution < -0.4 is 10.6 Å². The molecule has 0 fully saturated rings. The van der Waals surface area contributed by atoms with E-state index < -0.39 is 0 Å². The Labute approximate surface area is 149 Å². The molecule has 2 rings (SSSR count). The molecule has 0 aliphatic carbocycles. The lowest BCUT2D eigenvalue weighted by Gasteiger charge is -2.13. The van der Waals surface area contributed by atoms with Gasteiger partial charge in [0.25, 0.3) is 11.8 Å². The molecule has 0 saturated heterocycles. The molecule has 2 aromatic rings. The number of carbonyl (C=O) groups is 2. The van der Waals surface area contributed by atoms with Gasteiger partial charge in [-0.25, -0.2) is 0 Å². The Hall–Kier alpha value is -2.62. The summed E-state index contributed by atoms with van der Waals surface area (Å²) in [5.41, 5.74) is 3.97. The van der Waals surface area contributed by atoms with Crippen LogP contribution in [0.15, 0.2) is 42.5 Å². The number of amides is 2. The number of carbonyl (C=O) groups excluding carboxylic acids is 2. The molecule has 2 aromatic carbocycles. The van der Waals surface area contributed by atoms with Gasteiger partial charge in [0, 0.05) is 23.4 Å². The van der Waals surface area contributed by atoms with Gasteiger partial charge in [-0.3, -0.25) is 9.59 Å². The van der Waals surface area contributed by atoms with Crippen LogP contribution in [0, 0.1) is 6.92 Å². The maximum atomic E-state index is 12.6. The zero-order chi connectivity index (χ0) is 18.2. The van der Waals surface area contributed by atoms with Crippen LogP contribution in [-0.2, 0) is 6.42 Å². The number of nitrogens with one attached hydrogen (secondary N) is 2. The second-order valence-corrected chi connectivity index (χ2v) is 6.11. The summed E-state index contributed by atoms with van der Waals surface area (Å²) in [4.78, 5) is 24.8. The summed E-state index contributed by atoms with van der Waals surface area (Å²) in [7, 11) is 0. The molecule has 0 aliphatic rings. The average Bonchev–Trinajstić information content (AvgIpc) is 2.63. The third kappa shape index (κ3) is 4.92. The molecule has 132 valence electrons. The predicted octanol–water partition coefficient (Wildman–Crippen LogP) is 4.34. The van der Waals surface area contributed by atoms with E-state index in [9.17, 15) is 9.59 Å². The van der Waals surface area contributed by atoms with Crippen LogP contribution in [0.5, 0.6) is 0 Å². The zero-order valence-corrected chi connectivity index (χ0v) is 15.2. The fourth-order valence-corrected chi connectivity index (χ4v) is 2.67. The Kier molecular flexibility index (Phi) is 6.75. The van der Waals surface area contributed by atoms with Gasteiger partial charge in [0.15, 0.2) is 0 Å². The maximum absolute atomic E-state index is 12.6. The van der Waals surface area contributed by atoms with E-state index in [1.807, 2.05) is 25.1 Å². The lowest BCUT2D eigenvalue weighted by atomic mass is 10.0. The van der Waals surface area contributed by atoms with Crippen molar-refractivity contribution >= 4 is 17.5 Å². The highest BCUT2D eigenvalue weighted by Crippen LogP contribution is 2.22. The standard InChI is InChI=1S/C21H26N2O2/c1-4-6-13-22-20(24)17-11-8-12-18(14-17)21(25)23-19-15(3)9-7-10-16(19)5-2/h7-12,14H,4-6,13H2,1-3H3,(H,22,24)(H,23,25). The third-order valence-electron chi connectivity index (χ3n) is 4.18. The Morgan fingerprint density at radius 1 is 0.960 bits per heavy atom. The molecule has 0 atom stereocenters. The van der Waals surface area contributed by atoms with Crippen molar-refractivity contribution in [1.82, 2.24) is 5.32 Å². The van der Waals surface area contributed by atoms with Crippen LogP contribution in [0.4, 0.5) is 5.69 Å². The second kappa shape index (κ2) is 9.02. The number of hydrogen-bond donors (Lipinski definition) is 2. The monoisotopic (exact) mass is 338 g/mol. The van der Waals surface area contributed by atoms with E-state index in [-0.39, 0.29) is 11.8 Å². The van der Waals surface area contributed by atoms with Gasteiger partial charge in [-0.05, 0) is 49.1 Å². The number of hydrogen-bond acceptors (Lipinski definition) is 2. The Balaban J connectivity index is 2.15. The first-order valence-electron chi connectivity index (χ1n) is 8.84. The molecule has 0 bridgehead atoms. The quantitative estimate of drug-likeness (QED) is 0.738. The molecule has 0 aliphatic heterocycles. The molecule has 0 saturated carbocycles. The lowest BCUT2D eigenvalue weighted by Crippen LogP contribution is -2.24. The molecular weight excluding hydrogens is 312 g/mol. The molecule has 0 radical (unpaired) electrons.